The van der Waals surface area contributed by atoms with Gasteiger partial charge in [-0.15, -0.1) is 0 Å². The van der Waals surface area contributed by atoms with Gasteiger partial charge in [0.2, 0.25) is 13.9 Å². The lowest BCUT2D eigenvalue weighted by Gasteiger charge is -2.15. The summed E-state index contributed by atoms with van der Waals surface area (Å²) < 4.78 is 0. The van der Waals surface area contributed by atoms with Crippen molar-refractivity contribution in [3.8, 4) is 0 Å². The van der Waals surface area contributed by atoms with E-state index >= 15 is 0 Å². The Morgan fingerprint density at radius 1 is 1.29 bits per heavy atom. The van der Waals surface area contributed by atoms with E-state index in [0.29, 0.717) is 12.0 Å². The fourth-order valence-electron chi connectivity index (χ4n) is 0.666. The molecule has 0 radical (unpaired) electrons. The average molecular weight is 189 g/mol. The van der Waals surface area contributed by atoms with Gasteiger partial charge in [-0.25, -0.2) is 0 Å². The molecule has 0 aliphatic rings. The molecule has 72 valence electrons. The van der Waals surface area contributed by atoms with E-state index in [-0.39, 0.29) is 5.91 Å². The summed E-state index contributed by atoms with van der Waals surface area (Å²) >= 11 is 0. The van der Waals surface area contributed by atoms with Crippen LogP contribution in [0.1, 0.15) is 0 Å². The van der Waals surface area contributed by atoms with Crippen LogP contribution in [0.2, 0.25) is 0 Å². The average Bonchev–Trinajstić information content (AvgIpc) is 2.21. The lowest BCUT2D eigenvalue weighted by molar-refractivity contribution is -0.120. The first-order valence-corrected chi connectivity index (χ1v) is 4.01. The van der Waals surface area contributed by atoms with Gasteiger partial charge in [0.1, 0.15) is 6.29 Å². The lowest BCUT2D eigenvalue weighted by Crippen LogP contribution is -2.24. The quantitative estimate of drug-likeness (QED) is 0.271. The molecule has 0 heterocycles. The fourth-order valence-corrected chi connectivity index (χ4v) is 0.666. The van der Waals surface area contributed by atoms with Crippen molar-refractivity contribution in [3.63, 3.8) is 0 Å². The third-order valence-corrected chi connectivity index (χ3v) is 1.50. The summed E-state index contributed by atoms with van der Waals surface area (Å²) in [4.78, 5) is 22.6. The van der Waals surface area contributed by atoms with Gasteiger partial charge in [0.25, 0.3) is 0 Å². The molecular formula is C10H12BNO2. The van der Waals surface area contributed by atoms with Crippen molar-refractivity contribution in [2.75, 3.05) is 0 Å². The Labute approximate surface area is 84.5 Å². The van der Waals surface area contributed by atoms with E-state index in [4.69, 9.17) is 0 Å². The first kappa shape index (κ1) is 12.2. The van der Waals surface area contributed by atoms with Gasteiger partial charge in [-0.3, -0.25) is 9.59 Å². The number of hydrogen-bond donors (Lipinski definition) is 0. The van der Waals surface area contributed by atoms with E-state index in [9.17, 15) is 9.59 Å². The van der Waals surface area contributed by atoms with Gasteiger partial charge in [-0.2, -0.15) is 0 Å². The second kappa shape index (κ2) is 6.66. The summed E-state index contributed by atoms with van der Waals surface area (Å²) in [6.07, 6.45) is 7.79. The van der Waals surface area contributed by atoms with Crippen LogP contribution in [0.15, 0.2) is 49.2 Å². The van der Waals surface area contributed by atoms with Crippen molar-refractivity contribution >= 4 is 20.2 Å². The third kappa shape index (κ3) is 4.26. The van der Waals surface area contributed by atoms with Gasteiger partial charge in [-0.05, 0) is 12.2 Å². The molecule has 0 aliphatic carbocycles. The van der Waals surface area contributed by atoms with Gasteiger partial charge < -0.3 is 4.81 Å². The minimum absolute atomic E-state index is 0.296. The Kier molecular flexibility index (Phi) is 5.78. The molecule has 1 amide bonds. The molecule has 0 saturated carbocycles. The standard InChI is InChI=1S/C10H12BNO2/c1-3-4-6-9(2)12(11)10(14)7-5-8-13/h3-8H,1-2,11H2/b6-4-,7-5-. The number of hydrogen-bond acceptors (Lipinski definition) is 2. The molecular weight excluding hydrogens is 177 g/mol. The SMILES string of the molecule is BN(C(=C)/C=C\C=C)C(=O)/C=C\C=O. The zero-order valence-electron chi connectivity index (χ0n) is 8.14. The first-order chi connectivity index (χ1) is 6.63. The molecule has 0 N–H and O–H groups in total. The van der Waals surface area contributed by atoms with Gasteiger partial charge in [-0.1, -0.05) is 25.3 Å². The van der Waals surface area contributed by atoms with Crippen molar-refractivity contribution < 1.29 is 9.59 Å². The Morgan fingerprint density at radius 2 is 1.93 bits per heavy atom. The highest BCUT2D eigenvalue weighted by atomic mass is 16.2. The monoisotopic (exact) mass is 189 g/mol. The van der Waals surface area contributed by atoms with Crippen molar-refractivity contribution in [3.05, 3.63) is 49.2 Å². The summed E-state index contributed by atoms with van der Waals surface area (Å²) in [7, 11) is 1.58. The molecule has 0 atom stereocenters. The third-order valence-electron chi connectivity index (χ3n) is 1.50. The molecule has 0 unspecified atom stereocenters. The Bertz CT molecular complexity index is 275. The number of allylic oxidation sites excluding steroid dienone is 4. The number of aldehydes is 1. The van der Waals surface area contributed by atoms with Gasteiger partial charge >= 0.3 is 0 Å². The molecule has 4 heteroatoms. The predicted octanol–water partition coefficient (Wildman–Crippen LogP) is 0.374. The Balaban J connectivity index is 4.38. The van der Waals surface area contributed by atoms with E-state index in [1.807, 2.05) is 0 Å². The summed E-state index contributed by atoms with van der Waals surface area (Å²) in [6, 6.07) is 0. The van der Waals surface area contributed by atoms with Gasteiger partial charge in [0.15, 0.2) is 0 Å². The number of carbonyl (C=O) groups is 2. The number of rotatable bonds is 5. The van der Waals surface area contributed by atoms with Crippen molar-refractivity contribution in [2.24, 2.45) is 0 Å². The molecule has 0 aromatic rings. The number of amides is 1. The molecule has 3 nitrogen and oxygen atoms in total. The van der Waals surface area contributed by atoms with E-state index in [2.05, 4.69) is 13.2 Å². The van der Waals surface area contributed by atoms with Crippen molar-refractivity contribution in [1.29, 1.82) is 0 Å². The van der Waals surface area contributed by atoms with Crippen LogP contribution < -0.4 is 0 Å². The van der Waals surface area contributed by atoms with E-state index in [0.717, 1.165) is 6.08 Å². The highest BCUT2D eigenvalue weighted by molar-refractivity contribution is 6.18. The number of nitrogens with zero attached hydrogens (tertiary/aromatic N) is 1. The van der Waals surface area contributed by atoms with Crippen molar-refractivity contribution in [1.82, 2.24) is 4.81 Å². The van der Waals surface area contributed by atoms with Crippen LogP contribution >= 0.6 is 0 Å². The first-order valence-electron chi connectivity index (χ1n) is 4.01. The van der Waals surface area contributed by atoms with Gasteiger partial charge in [0.05, 0.1) is 0 Å². The largest absolute Gasteiger partial charge is 0.362 e. The molecule has 0 aromatic carbocycles. The Morgan fingerprint density at radius 3 is 2.43 bits per heavy atom. The van der Waals surface area contributed by atoms with Crippen molar-refractivity contribution in [2.45, 2.75) is 0 Å². The minimum Gasteiger partial charge on any atom is -0.362 e. The van der Waals surface area contributed by atoms with Gasteiger partial charge in [0, 0.05) is 11.8 Å². The fraction of sp³-hybridized carbons (Fsp3) is 0. The summed E-state index contributed by atoms with van der Waals surface area (Å²) in [5, 5.41) is 0. The topological polar surface area (TPSA) is 37.4 Å². The van der Waals surface area contributed by atoms with Crippen LogP contribution in [0.4, 0.5) is 0 Å². The molecule has 14 heavy (non-hydrogen) atoms. The lowest BCUT2D eigenvalue weighted by atomic mass is 10.2. The predicted molar refractivity (Wildman–Crippen MR) is 59.1 cm³/mol. The Hall–Kier alpha value is -1.84. The summed E-state index contributed by atoms with van der Waals surface area (Å²) in [5.41, 5.74) is 0.533. The summed E-state index contributed by atoms with van der Waals surface area (Å²) in [6.45, 7) is 7.16. The maximum absolute atomic E-state index is 11.3. The normalized spacial score (nSPS) is 10.3. The molecule has 0 fully saturated rings. The second-order valence-electron chi connectivity index (χ2n) is 2.48. The van der Waals surface area contributed by atoms with E-state index < -0.39 is 0 Å². The van der Waals surface area contributed by atoms with Crippen LogP contribution in [-0.2, 0) is 9.59 Å². The maximum atomic E-state index is 11.3. The van der Waals surface area contributed by atoms with Crippen LogP contribution in [0.3, 0.4) is 0 Å². The molecule has 0 bridgehead atoms. The molecule has 0 saturated heterocycles. The minimum atomic E-state index is -0.296. The molecule has 0 rings (SSSR count). The second-order valence-corrected chi connectivity index (χ2v) is 2.48. The van der Waals surface area contributed by atoms with E-state index in [1.54, 1.807) is 26.2 Å². The summed E-state index contributed by atoms with van der Waals surface area (Å²) in [5.74, 6) is -0.296. The number of carbonyl (C=O) groups excluding carboxylic acids is 2. The highest BCUT2D eigenvalue weighted by Gasteiger charge is 2.04. The molecule has 0 aromatic heterocycles. The maximum Gasteiger partial charge on any atom is 0.238 e. The molecule has 0 spiro atoms. The highest BCUT2D eigenvalue weighted by Crippen LogP contribution is 2.00. The molecule has 0 aliphatic heterocycles. The van der Waals surface area contributed by atoms with Crippen LogP contribution in [0, 0.1) is 0 Å². The van der Waals surface area contributed by atoms with Crippen LogP contribution in [-0.4, -0.2) is 25.0 Å². The zero-order chi connectivity index (χ0) is 11.0. The smallest absolute Gasteiger partial charge is 0.238 e. The van der Waals surface area contributed by atoms with Crippen LogP contribution in [0.5, 0.6) is 0 Å². The van der Waals surface area contributed by atoms with Crippen LogP contribution in [0.25, 0.3) is 0 Å². The van der Waals surface area contributed by atoms with E-state index in [1.165, 1.54) is 10.9 Å². The zero-order valence-corrected chi connectivity index (χ0v) is 8.14.